The van der Waals surface area contributed by atoms with Crippen LogP contribution >= 0.6 is 0 Å². The van der Waals surface area contributed by atoms with Gasteiger partial charge in [0, 0.05) is 31.7 Å². The van der Waals surface area contributed by atoms with E-state index in [0.29, 0.717) is 0 Å². The van der Waals surface area contributed by atoms with Crippen molar-refractivity contribution in [3.05, 3.63) is 35.9 Å². The van der Waals surface area contributed by atoms with E-state index < -0.39 is 0 Å². The molecule has 0 saturated carbocycles. The van der Waals surface area contributed by atoms with Crippen LogP contribution in [0.25, 0.3) is 0 Å². The highest BCUT2D eigenvalue weighted by Gasteiger charge is 2.30. The molecule has 1 aromatic carbocycles. The Morgan fingerprint density at radius 3 is 2.74 bits per heavy atom. The third-order valence-corrected chi connectivity index (χ3v) is 3.90. The molecular formula is C15H23N3O. The van der Waals surface area contributed by atoms with Crippen molar-refractivity contribution in [3.63, 3.8) is 0 Å². The topological polar surface area (TPSA) is 58.4 Å². The van der Waals surface area contributed by atoms with E-state index in [1.54, 1.807) is 0 Å². The molecule has 19 heavy (non-hydrogen) atoms. The third-order valence-electron chi connectivity index (χ3n) is 3.90. The average molecular weight is 261 g/mol. The van der Waals surface area contributed by atoms with Crippen molar-refractivity contribution in [2.24, 2.45) is 11.7 Å². The molecule has 3 atom stereocenters. The summed E-state index contributed by atoms with van der Waals surface area (Å²) in [5, 5.41) is 3.29. The van der Waals surface area contributed by atoms with Gasteiger partial charge in [0.15, 0.2) is 0 Å². The molecule has 3 N–H and O–H groups in total. The fourth-order valence-corrected chi connectivity index (χ4v) is 2.55. The molecule has 1 fully saturated rings. The average Bonchev–Trinajstić information content (AvgIpc) is 2.46. The summed E-state index contributed by atoms with van der Waals surface area (Å²) < 4.78 is 0. The molecule has 2 rings (SSSR count). The molecule has 1 aliphatic rings. The minimum Gasteiger partial charge on any atom is -0.337 e. The van der Waals surface area contributed by atoms with Crippen LogP contribution in [-0.2, 0) is 4.79 Å². The number of hydrogen-bond donors (Lipinski definition) is 2. The minimum atomic E-state index is -0.240. The molecule has 104 valence electrons. The number of nitrogens with two attached hydrogens (primary N) is 1. The number of piperazine rings is 1. The normalized spacial score (nSPS) is 22.9. The van der Waals surface area contributed by atoms with Gasteiger partial charge in [0.25, 0.3) is 0 Å². The summed E-state index contributed by atoms with van der Waals surface area (Å²) in [6, 6.07) is 9.84. The molecule has 0 bridgehead atoms. The summed E-state index contributed by atoms with van der Waals surface area (Å²) in [7, 11) is 0. The number of amides is 1. The van der Waals surface area contributed by atoms with E-state index in [-0.39, 0.29) is 23.9 Å². The Kier molecular flexibility index (Phi) is 4.56. The number of hydrogen-bond acceptors (Lipinski definition) is 3. The van der Waals surface area contributed by atoms with Crippen molar-refractivity contribution in [2.45, 2.75) is 25.9 Å². The van der Waals surface area contributed by atoms with Crippen LogP contribution in [0.3, 0.4) is 0 Å². The van der Waals surface area contributed by atoms with Crippen LogP contribution in [0.15, 0.2) is 30.3 Å². The highest BCUT2D eigenvalue weighted by molar-refractivity contribution is 5.80. The highest BCUT2D eigenvalue weighted by Crippen LogP contribution is 2.22. The van der Waals surface area contributed by atoms with E-state index in [4.69, 9.17) is 5.73 Å². The van der Waals surface area contributed by atoms with Crippen LogP contribution in [0.5, 0.6) is 0 Å². The van der Waals surface area contributed by atoms with Gasteiger partial charge in [-0.1, -0.05) is 37.3 Å². The lowest BCUT2D eigenvalue weighted by molar-refractivity contribution is -0.138. The molecule has 1 heterocycles. The van der Waals surface area contributed by atoms with Crippen molar-refractivity contribution in [3.8, 4) is 0 Å². The standard InChI is InChI=1S/C15H23N3O/c1-11-10-17-8-9-18(11)15(19)12(2)14(16)13-6-4-3-5-7-13/h3-7,11-12,14,17H,8-10,16H2,1-2H3/t11-,12?,14?/m0/s1. The Balaban J connectivity index is 2.06. The lowest BCUT2D eigenvalue weighted by Gasteiger charge is -2.36. The smallest absolute Gasteiger partial charge is 0.227 e. The van der Waals surface area contributed by atoms with Gasteiger partial charge in [-0.3, -0.25) is 4.79 Å². The molecule has 0 spiro atoms. The van der Waals surface area contributed by atoms with Gasteiger partial charge in [0.2, 0.25) is 5.91 Å². The quantitative estimate of drug-likeness (QED) is 0.858. The predicted octanol–water partition coefficient (Wildman–Crippen LogP) is 1.14. The molecule has 1 aliphatic heterocycles. The number of rotatable bonds is 3. The van der Waals surface area contributed by atoms with Crippen LogP contribution in [0, 0.1) is 5.92 Å². The Morgan fingerprint density at radius 1 is 1.42 bits per heavy atom. The maximum absolute atomic E-state index is 12.5. The van der Waals surface area contributed by atoms with Gasteiger partial charge in [0.1, 0.15) is 0 Å². The summed E-state index contributed by atoms with van der Waals surface area (Å²) in [5.74, 6) is -0.0340. The molecule has 0 aliphatic carbocycles. The van der Waals surface area contributed by atoms with Crippen LogP contribution in [0.4, 0.5) is 0 Å². The van der Waals surface area contributed by atoms with Gasteiger partial charge in [-0.25, -0.2) is 0 Å². The summed E-state index contributed by atoms with van der Waals surface area (Å²) in [6.45, 7) is 6.49. The summed E-state index contributed by atoms with van der Waals surface area (Å²) in [4.78, 5) is 14.5. The Labute approximate surface area is 115 Å². The first-order valence-electron chi connectivity index (χ1n) is 6.93. The van der Waals surface area contributed by atoms with Gasteiger partial charge in [0.05, 0.1) is 5.92 Å². The fourth-order valence-electron chi connectivity index (χ4n) is 2.55. The van der Waals surface area contributed by atoms with Crippen LogP contribution in [0.2, 0.25) is 0 Å². The van der Waals surface area contributed by atoms with Crippen molar-refractivity contribution in [1.29, 1.82) is 0 Å². The monoisotopic (exact) mass is 261 g/mol. The zero-order valence-electron chi connectivity index (χ0n) is 11.7. The Hall–Kier alpha value is -1.39. The van der Waals surface area contributed by atoms with Gasteiger partial charge < -0.3 is 16.0 Å². The van der Waals surface area contributed by atoms with Crippen LogP contribution in [-0.4, -0.2) is 36.5 Å². The van der Waals surface area contributed by atoms with E-state index in [0.717, 1.165) is 25.2 Å². The molecule has 1 amide bonds. The number of nitrogens with zero attached hydrogens (tertiary/aromatic N) is 1. The molecule has 1 saturated heterocycles. The van der Waals surface area contributed by atoms with Gasteiger partial charge in [-0.2, -0.15) is 0 Å². The fraction of sp³-hybridized carbons (Fsp3) is 0.533. The number of benzene rings is 1. The number of nitrogens with one attached hydrogen (secondary N) is 1. The lowest BCUT2D eigenvalue weighted by Crippen LogP contribution is -2.54. The second kappa shape index (κ2) is 6.17. The van der Waals surface area contributed by atoms with E-state index in [2.05, 4.69) is 12.2 Å². The largest absolute Gasteiger partial charge is 0.337 e. The first kappa shape index (κ1) is 14.0. The molecule has 0 aromatic heterocycles. The highest BCUT2D eigenvalue weighted by atomic mass is 16.2. The summed E-state index contributed by atoms with van der Waals surface area (Å²) in [5.41, 5.74) is 7.25. The van der Waals surface area contributed by atoms with E-state index in [9.17, 15) is 4.79 Å². The number of carbonyl (C=O) groups excluding carboxylic acids is 1. The molecule has 4 heteroatoms. The van der Waals surface area contributed by atoms with Crippen molar-refractivity contribution in [2.75, 3.05) is 19.6 Å². The zero-order valence-corrected chi connectivity index (χ0v) is 11.7. The SMILES string of the molecule is CC(C(=O)N1CCNC[C@@H]1C)C(N)c1ccccc1. The van der Waals surface area contributed by atoms with Crippen LogP contribution < -0.4 is 11.1 Å². The second-order valence-electron chi connectivity index (χ2n) is 5.31. The predicted molar refractivity (Wildman–Crippen MR) is 76.6 cm³/mol. The molecule has 4 nitrogen and oxygen atoms in total. The first-order valence-corrected chi connectivity index (χ1v) is 6.93. The van der Waals surface area contributed by atoms with Crippen molar-refractivity contribution < 1.29 is 4.79 Å². The van der Waals surface area contributed by atoms with Gasteiger partial charge >= 0.3 is 0 Å². The Bertz CT molecular complexity index is 421. The van der Waals surface area contributed by atoms with E-state index in [1.165, 1.54) is 0 Å². The van der Waals surface area contributed by atoms with Crippen molar-refractivity contribution in [1.82, 2.24) is 10.2 Å². The maximum atomic E-state index is 12.5. The second-order valence-corrected chi connectivity index (χ2v) is 5.31. The molecular weight excluding hydrogens is 238 g/mol. The van der Waals surface area contributed by atoms with Crippen LogP contribution in [0.1, 0.15) is 25.5 Å². The van der Waals surface area contributed by atoms with Crippen molar-refractivity contribution >= 4 is 5.91 Å². The van der Waals surface area contributed by atoms with Gasteiger partial charge in [-0.15, -0.1) is 0 Å². The molecule has 2 unspecified atom stereocenters. The van der Waals surface area contributed by atoms with E-state index >= 15 is 0 Å². The molecule has 0 radical (unpaired) electrons. The molecule has 1 aromatic rings. The minimum absolute atomic E-state index is 0.158. The zero-order chi connectivity index (χ0) is 13.8. The Morgan fingerprint density at radius 2 is 2.11 bits per heavy atom. The number of carbonyl (C=O) groups is 1. The summed E-state index contributed by atoms with van der Waals surface area (Å²) >= 11 is 0. The first-order chi connectivity index (χ1) is 9.11. The maximum Gasteiger partial charge on any atom is 0.227 e. The van der Waals surface area contributed by atoms with Gasteiger partial charge in [-0.05, 0) is 12.5 Å². The summed E-state index contributed by atoms with van der Waals surface area (Å²) in [6.07, 6.45) is 0. The third kappa shape index (κ3) is 3.14. The van der Waals surface area contributed by atoms with E-state index in [1.807, 2.05) is 42.2 Å². The lowest BCUT2D eigenvalue weighted by atomic mass is 9.93.